The number of ether oxygens (including phenoxy) is 3. The Morgan fingerprint density at radius 1 is 0.905 bits per heavy atom. The molecule has 3 amide bonds. The standard InChI is InChI=1S/C32H42N4O6/c1-40-28-19-22-5-12-29(37)34-21-27-11-10-26(20-30(38)33-13-3-4-24(18-22)31(28)41-2)36(27)32(39)23-6-8-25(9-7-23)35-14-16-42-17-15-35/h6-9,18-19,26-27H,3-5,10-17,20-21H2,1-2H3,(H,33,38)(H,34,37)/t26-,27+/m0/s1. The molecule has 226 valence electrons. The van der Waals surface area contributed by atoms with Gasteiger partial charge in [-0.15, -0.1) is 0 Å². The van der Waals surface area contributed by atoms with E-state index in [-0.39, 0.29) is 36.2 Å². The summed E-state index contributed by atoms with van der Waals surface area (Å²) in [6, 6.07) is 11.3. The van der Waals surface area contributed by atoms with Gasteiger partial charge >= 0.3 is 0 Å². The SMILES string of the molecule is COc1cc2cc(c1OC)CCCNC(=O)C[C@@H]1CC[C@H](CNC(=O)CC2)N1C(=O)c1ccc(N2CCOCC2)cc1. The minimum absolute atomic E-state index is 0.0703. The Morgan fingerprint density at radius 2 is 1.67 bits per heavy atom. The number of carbonyl (C=O) groups is 3. The first-order valence-electron chi connectivity index (χ1n) is 15.0. The fraction of sp³-hybridized carbons (Fsp3) is 0.531. The van der Waals surface area contributed by atoms with Crippen molar-refractivity contribution < 1.29 is 28.6 Å². The first-order valence-corrected chi connectivity index (χ1v) is 15.0. The van der Waals surface area contributed by atoms with Gasteiger partial charge in [-0.3, -0.25) is 14.4 Å². The van der Waals surface area contributed by atoms with E-state index in [1.54, 1.807) is 14.2 Å². The van der Waals surface area contributed by atoms with Gasteiger partial charge in [-0.05, 0) is 73.6 Å². The number of methoxy groups -OCH3 is 2. The first kappa shape index (κ1) is 29.7. The highest BCUT2D eigenvalue weighted by molar-refractivity contribution is 5.95. The van der Waals surface area contributed by atoms with Gasteiger partial charge in [0.1, 0.15) is 0 Å². The fourth-order valence-corrected chi connectivity index (χ4v) is 6.29. The number of benzene rings is 2. The van der Waals surface area contributed by atoms with Crippen molar-refractivity contribution in [3.63, 3.8) is 0 Å². The maximum absolute atomic E-state index is 13.9. The van der Waals surface area contributed by atoms with Gasteiger partial charge in [-0.25, -0.2) is 0 Å². The molecule has 5 rings (SSSR count). The number of carbonyl (C=O) groups excluding carboxylic acids is 3. The van der Waals surface area contributed by atoms with Gasteiger partial charge in [-0.1, -0.05) is 6.07 Å². The Bertz CT molecular complexity index is 1260. The minimum atomic E-state index is -0.228. The summed E-state index contributed by atoms with van der Waals surface area (Å²) in [7, 11) is 3.22. The van der Waals surface area contributed by atoms with Gasteiger partial charge in [0.25, 0.3) is 5.91 Å². The van der Waals surface area contributed by atoms with Gasteiger partial charge in [0, 0.05) is 62.4 Å². The molecule has 3 aliphatic heterocycles. The van der Waals surface area contributed by atoms with Crippen LogP contribution >= 0.6 is 0 Å². The van der Waals surface area contributed by atoms with Crippen LogP contribution in [0.2, 0.25) is 0 Å². The molecule has 2 aromatic rings. The largest absolute Gasteiger partial charge is 0.493 e. The molecule has 4 bridgehead atoms. The van der Waals surface area contributed by atoms with Crippen molar-refractivity contribution in [1.82, 2.24) is 15.5 Å². The summed E-state index contributed by atoms with van der Waals surface area (Å²) in [5, 5.41) is 6.10. The Balaban J connectivity index is 1.32. The molecule has 10 nitrogen and oxygen atoms in total. The topological polar surface area (TPSA) is 109 Å². The van der Waals surface area contributed by atoms with Crippen molar-refractivity contribution in [3.05, 3.63) is 53.1 Å². The molecule has 2 N–H and O–H groups in total. The average molecular weight is 579 g/mol. The van der Waals surface area contributed by atoms with Crippen molar-refractivity contribution in [2.24, 2.45) is 0 Å². The number of hydrogen-bond acceptors (Lipinski definition) is 7. The number of morpholine rings is 1. The van der Waals surface area contributed by atoms with Crippen LogP contribution < -0.4 is 25.0 Å². The second-order valence-electron chi connectivity index (χ2n) is 11.2. The highest BCUT2D eigenvalue weighted by Crippen LogP contribution is 2.34. The molecule has 2 saturated heterocycles. The second kappa shape index (κ2) is 13.9. The Hall–Kier alpha value is -3.79. The van der Waals surface area contributed by atoms with Crippen LogP contribution in [0.15, 0.2) is 36.4 Å². The van der Waals surface area contributed by atoms with E-state index in [4.69, 9.17) is 14.2 Å². The second-order valence-corrected chi connectivity index (χ2v) is 11.2. The van der Waals surface area contributed by atoms with Crippen molar-refractivity contribution in [1.29, 1.82) is 0 Å². The van der Waals surface area contributed by atoms with E-state index < -0.39 is 0 Å². The molecule has 0 unspecified atom stereocenters. The van der Waals surface area contributed by atoms with E-state index in [0.717, 1.165) is 42.7 Å². The van der Waals surface area contributed by atoms with E-state index >= 15 is 0 Å². The van der Waals surface area contributed by atoms with E-state index in [9.17, 15) is 14.4 Å². The third-order valence-electron chi connectivity index (χ3n) is 8.50. The predicted molar refractivity (Wildman–Crippen MR) is 159 cm³/mol. The summed E-state index contributed by atoms with van der Waals surface area (Å²) >= 11 is 0. The van der Waals surface area contributed by atoms with Gasteiger partial charge in [-0.2, -0.15) is 0 Å². The molecule has 0 spiro atoms. The van der Waals surface area contributed by atoms with E-state index in [1.807, 2.05) is 35.2 Å². The lowest BCUT2D eigenvalue weighted by Crippen LogP contribution is -2.47. The zero-order valence-electron chi connectivity index (χ0n) is 24.7. The zero-order chi connectivity index (χ0) is 29.5. The summed E-state index contributed by atoms with van der Waals surface area (Å²) in [6.45, 7) is 3.91. The monoisotopic (exact) mass is 578 g/mol. The summed E-state index contributed by atoms with van der Waals surface area (Å²) in [4.78, 5) is 43.9. The number of hydrogen-bond donors (Lipinski definition) is 2. The molecular weight excluding hydrogens is 536 g/mol. The van der Waals surface area contributed by atoms with Crippen LogP contribution in [-0.2, 0) is 27.2 Å². The van der Waals surface area contributed by atoms with Crippen LogP contribution in [-0.4, -0.2) is 88.3 Å². The number of aryl methyl sites for hydroxylation is 2. The maximum Gasteiger partial charge on any atom is 0.254 e. The third kappa shape index (κ3) is 6.98. The molecule has 3 aliphatic rings. The normalized spacial score (nSPS) is 22.1. The molecule has 42 heavy (non-hydrogen) atoms. The lowest BCUT2D eigenvalue weighted by atomic mass is 10.0. The van der Waals surface area contributed by atoms with E-state index in [2.05, 4.69) is 21.6 Å². The number of fused-ring (bicyclic) bond motifs is 4. The number of nitrogens with zero attached hydrogens (tertiary/aromatic N) is 2. The Kier molecular flexibility index (Phi) is 9.84. The number of nitrogens with one attached hydrogen (secondary N) is 2. The molecule has 3 heterocycles. The van der Waals surface area contributed by atoms with Crippen LogP contribution in [0.1, 0.15) is 53.6 Å². The number of rotatable bonds is 4. The summed E-state index contributed by atoms with van der Waals surface area (Å²) < 4.78 is 16.6. The molecule has 10 heteroatoms. The number of anilines is 1. The van der Waals surface area contributed by atoms with Crippen molar-refractivity contribution >= 4 is 23.4 Å². The lowest BCUT2D eigenvalue weighted by Gasteiger charge is -2.31. The van der Waals surface area contributed by atoms with Gasteiger partial charge < -0.3 is 34.6 Å². The lowest BCUT2D eigenvalue weighted by molar-refractivity contribution is -0.123. The van der Waals surface area contributed by atoms with Crippen LogP contribution in [0.3, 0.4) is 0 Å². The highest BCUT2D eigenvalue weighted by Gasteiger charge is 2.38. The zero-order valence-corrected chi connectivity index (χ0v) is 24.7. The van der Waals surface area contributed by atoms with Crippen LogP contribution in [0.25, 0.3) is 0 Å². The highest BCUT2D eigenvalue weighted by atomic mass is 16.5. The maximum atomic E-state index is 13.9. The summed E-state index contributed by atoms with van der Waals surface area (Å²) in [6.07, 6.45) is 3.97. The molecule has 0 saturated carbocycles. The molecule has 0 radical (unpaired) electrons. The number of amides is 3. The van der Waals surface area contributed by atoms with Crippen molar-refractivity contribution in [2.75, 3.05) is 58.5 Å². The summed E-state index contributed by atoms with van der Waals surface area (Å²) in [5.41, 5.74) is 3.63. The quantitative estimate of drug-likeness (QED) is 0.574. The molecule has 2 aromatic carbocycles. The fourth-order valence-electron chi connectivity index (χ4n) is 6.29. The molecular formula is C32H42N4O6. The molecule has 0 aromatic heterocycles. The predicted octanol–water partition coefficient (Wildman–Crippen LogP) is 2.72. The molecule has 2 fully saturated rings. The van der Waals surface area contributed by atoms with Crippen LogP contribution in [0.4, 0.5) is 5.69 Å². The Labute approximate surface area is 247 Å². The molecule has 2 atom stereocenters. The third-order valence-corrected chi connectivity index (χ3v) is 8.50. The van der Waals surface area contributed by atoms with Crippen molar-refractivity contribution in [2.45, 2.75) is 57.0 Å². The Morgan fingerprint density at radius 3 is 2.40 bits per heavy atom. The van der Waals surface area contributed by atoms with Crippen LogP contribution in [0, 0.1) is 0 Å². The van der Waals surface area contributed by atoms with Gasteiger partial charge in [0.05, 0.1) is 27.4 Å². The molecule has 0 aliphatic carbocycles. The smallest absolute Gasteiger partial charge is 0.254 e. The van der Waals surface area contributed by atoms with Crippen LogP contribution in [0.5, 0.6) is 11.5 Å². The van der Waals surface area contributed by atoms with E-state index in [0.29, 0.717) is 69.0 Å². The first-order chi connectivity index (χ1) is 20.5. The van der Waals surface area contributed by atoms with Crippen molar-refractivity contribution in [3.8, 4) is 11.5 Å². The van der Waals surface area contributed by atoms with E-state index in [1.165, 1.54) is 0 Å². The van der Waals surface area contributed by atoms with Gasteiger partial charge in [0.2, 0.25) is 11.8 Å². The summed E-state index contributed by atoms with van der Waals surface area (Å²) in [5.74, 6) is 1.06. The van der Waals surface area contributed by atoms with Gasteiger partial charge in [0.15, 0.2) is 11.5 Å². The minimum Gasteiger partial charge on any atom is -0.493 e. The average Bonchev–Trinajstić information content (AvgIpc) is 3.42.